The molecule has 0 aromatic heterocycles. The van der Waals surface area contributed by atoms with Crippen molar-refractivity contribution in [1.82, 2.24) is 26.2 Å². The van der Waals surface area contributed by atoms with Crippen molar-refractivity contribution in [3.63, 3.8) is 0 Å². The van der Waals surface area contributed by atoms with Gasteiger partial charge in [0.15, 0.2) is 0 Å². The first kappa shape index (κ1) is 22.3. The van der Waals surface area contributed by atoms with E-state index in [0.29, 0.717) is 35.7 Å². The van der Waals surface area contributed by atoms with Gasteiger partial charge >= 0.3 is 0 Å². The van der Waals surface area contributed by atoms with Crippen molar-refractivity contribution >= 4 is 17.9 Å². The van der Waals surface area contributed by atoms with Crippen LogP contribution in [0.2, 0.25) is 0 Å². The second kappa shape index (κ2) is 9.44. The molecule has 3 heterocycles. The number of hydrogen-bond donors (Lipinski definition) is 3. The minimum atomic E-state index is 0.126. The lowest BCUT2D eigenvalue weighted by Crippen LogP contribution is -2.45. The molecule has 7 heteroatoms. The fourth-order valence-corrected chi connectivity index (χ4v) is 6.66. The summed E-state index contributed by atoms with van der Waals surface area (Å²) in [6.45, 7) is 3.32. The third-order valence-electron chi connectivity index (χ3n) is 8.87. The maximum atomic E-state index is 13.3. The monoisotopic (exact) mass is 463 g/mol. The summed E-state index contributed by atoms with van der Waals surface area (Å²) in [7, 11) is 0. The van der Waals surface area contributed by atoms with Gasteiger partial charge in [0.2, 0.25) is 11.8 Å². The van der Waals surface area contributed by atoms with Gasteiger partial charge in [-0.1, -0.05) is 24.3 Å². The summed E-state index contributed by atoms with van der Waals surface area (Å²) in [5.41, 5.74) is 12.1. The van der Waals surface area contributed by atoms with Gasteiger partial charge in [0.1, 0.15) is 0 Å². The van der Waals surface area contributed by atoms with Gasteiger partial charge in [-0.05, 0) is 79.9 Å². The Kier molecular flexibility index (Phi) is 6.18. The molecule has 6 rings (SSSR count). The van der Waals surface area contributed by atoms with Crippen molar-refractivity contribution < 1.29 is 9.59 Å². The number of carbonyl (C=O) groups excluding carboxylic acids is 2. The summed E-state index contributed by atoms with van der Waals surface area (Å²) >= 11 is 0. The lowest BCUT2D eigenvalue weighted by Gasteiger charge is -2.32. The van der Waals surface area contributed by atoms with Crippen LogP contribution in [-0.2, 0) is 9.59 Å². The van der Waals surface area contributed by atoms with Crippen LogP contribution in [0.4, 0.5) is 0 Å². The van der Waals surface area contributed by atoms with Crippen molar-refractivity contribution in [2.75, 3.05) is 26.2 Å². The smallest absolute Gasteiger partial charge is 0.246 e. The molecular weight excluding hydrogens is 426 g/mol. The van der Waals surface area contributed by atoms with E-state index in [1.807, 2.05) is 11.0 Å². The van der Waals surface area contributed by atoms with E-state index in [0.717, 1.165) is 58.3 Å². The topological polar surface area (TPSA) is 76.7 Å². The molecule has 5 atom stereocenters. The fourth-order valence-electron chi connectivity index (χ4n) is 6.66. The molecule has 2 amide bonds. The largest absolute Gasteiger partial charge is 0.342 e. The molecule has 0 radical (unpaired) electrons. The van der Waals surface area contributed by atoms with Crippen LogP contribution in [0.15, 0.2) is 30.3 Å². The molecule has 0 spiro atoms. The fraction of sp³-hybridized carbons (Fsp3) is 0.630. The summed E-state index contributed by atoms with van der Waals surface area (Å²) in [5.74, 6) is 2.33. The van der Waals surface area contributed by atoms with Gasteiger partial charge in [-0.3, -0.25) is 9.59 Å². The van der Waals surface area contributed by atoms with Crippen LogP contribution in [0.25, 0.3) is 6.08 Å². The molecule has 5 fully saturated rings. The van der Waals surface area contributed by atoms with E-state index in [9.17, 15) is 9.59 Å². The zero-order valence-corrected chi connectivity index (χ0v) is 19.9. The highest BCUT2D eigenvalue weighted by Gasteiger charge is 2.42. The first-order chi connectivity index (χ1) is 16.7. The Morgan fingerprint density at radius 3 is 2.35 bits per heavy atom. The normalized spacial score (nSPS) is 33.6. The first-order valence-corrected chi connectivity index (χ1v) is 13.3. The lowest BCUT2D eigenvalue weighted by molar-refractivity contribution is -0.136. The Morgan fingerprint density at radius 2 is 1.59 bits per heavy atom. The molecule has 34 heavy (non-hydrogen) atoms. The SMILES string of the molecule is O=C(/C=C/c1ccccc1C1CC1)N1CC[C@@H]2CN(C(=O)C3CCC4NNNC4C3)C[C@@H]2CC1. The number of fused-ring (bicyclic) bond motifs is 2. The van der Waals surface area contributed by atoms with Gasteiger partial charge in [-0.15, -0.1) is 0 Å². The molecule has 2 saturated carbocycles. The van der Waals surface area contributed by atoms with Crippen LogP contribution >= 0.6 is 0 Å². The van der Waals surface area contributed by atoms with Crippen LogP contribution in [0, 0.1) is 17.8 Å². The Labute approximate surface area is 202 Å². The van der Waals surface area contributed by atoms with Crippen LogP contribution in [-0.4, -0.2) is 59.9 Å². The van der Waals surface area contributed by atoms with Crippen LogP contribution in [0.1, 0.15) is 62.0 Å². The van der Waals surface area contributed by atoms with E-state index in [1.165, 1.54) is 24.0 Å². The minimum absolute atomic E-state index is 0.126. The molecule has 182 valence electrons. The average Bonchev–Trinajstić information content (AvgIpc) is 3.52. The number of rotatable bonds is 4. The minimum Gasteiger partial charge on any atom is -0.342 e. The van der Waals surface area contributed by atoms with Gasteiger partial charge < -0.3 is 9.80 Å². The van der Waals surface area contributed by atoms with Crippen molar-refractivity contribution in [2.24, 2.45) is 17.8 Å². The van der Waals surface area contributed by atoms with Gasteiger partial charge in [0, 0.05) is 50.3 Å². The Bertz CT molecular complexity index is 944. The molecule has 1 aromatic rings. The number of hydrogen-bond acceptors (Lipinski definition) is 5. The van der Waals surface area contributed by atoms with E-state index in [1.54, 1.807) is 6.08 Å². The van der Waals surface area contributed by atoms with E-state index in [2.05, 4.69) is 45.6 Å². The quantitative estimate of drug-likeness (QED) is 0.598. The zero-order chi connectivity index (χ0) is 23.1. The first-order valence-electron chi connectivity index (χ1n) is 13.3. The second-order valence-corrected chi connectivity index (χ2v) is 11.0. The summed E-state index contributed by atoms with van der Waals surface area (Å²) in [5, 5.41) is 0. The van der Waals surface area contributed by atoms with Gasteiger partial charge in [0.05, 0.1) is 0 Å². The van der Waals surface area contributed by atoms with E-state index in [-0.39, 0.29) is 11.8 Å². The highest BCUT2D eigenvalue weighted by Crippen LogP contribution is 2.42. The third kappa shape index (κ3) is 4.53. The number of nitrogens with zero attached hydrogens (tertiary/aromatic N) is 2. The third-order valence-corrected chi connectivity index (χ3v) is 8.87. The zero-order valence-electron chi connectivity index (χ0n) is 19.9. The number of carbonyl (C=O) groups is 2. The lowest BCUT2D eigenvalue weighted by atomic mass is 9.82. The van der Waals surface area contributed by atoms with Crippen molar-refractivity contribution in [3.05, 3.63) is 41.5 Å². The standard InChI is InChI=1S/C27H37N5O2/c33-26(10-8-18-3-1-2-4-23(18)19-5-6-19)31-13-11-21-16-32(17-22(21)12-14-31)27(34)20-7-9-24-25(15-20)29-30-28-24/h1-4,8,10,19-22,24-25,28-30H,5-7,9,11-17H2/b10-8+/t20?,21-,22+,24?,25?. The van der Waals surface area contributed by atoms with Crippen LogP contribution < -0.4 is 16.4 Å². The maximum Gasteiger partial charge on any atom is 0.246 e. The van der Waals surface area contributed by atoms with Gasteiger partial charge in [0.25, 0.3) is 0 Å². The highest BCUT2D eigenvalue weighted by atomic mass is 16.2. The van der Waals surface area contributed by atoms with Gasteiger partial charge in [-0.2, -0.15) is 5.53 Å². The summed E-state index contributed by atoms with van der Waals surface area (Å²) in [4.78, 5) is 30.4. The molecule has 3 N–H and O–H groups in total. The molecule has 3 saturated heterocycles. The Balaban J connectivity index is 1.02. The Hall–Kier alpha value is -2.22. The van der Waals surface area contributed by atoms with Gasteiger partial charge in [-0.25, -0.2) is 10.9 Å². The van der Waals surface area contributed by atoms with Crippen LogP contribution in [0.5, 0.6) is 0 Å². The maximum absolute atomic E-state index is 13.3. The second-order valence-electron chi connectivity index (χ2n) is 11.0. The molecule has 3 unspecified atom stereocenters. The average molecular weight is 464 g/mol. The Morgan fingerprint density at radius 1 is 0.853 bits per heavy atom. The number of benzene rings is 1. The predicted octanol–water partition coefficient (Wildman–Crippen LogP) is 2.42. The molecule has 0 bridgehead atoms. The molecule has 3 aliphatic heterocycles. The molecule has 2 aliphatic carbocycles. The summed E-state index contributed by atoms with van der Waals surface area (Å²) in [6.07, 6.45) is 11.2. The van der Waals surface area contributed by atoms with E-state index >= 15 is 0 Å². The number of hydrazine groups is 2. The predicted molar refractivity (Wildman–Crippen MR) is 131 cm³/mol. The molecular formula is C27H37N5O2. The van der Waals surface area contributed by atoms with Crippen LogP contribution in [0.3, 0.4) is 0 Å². The van der Waals surface area contributed by atoms with E-state index in [4.69, 9.17) is 0 Å². The van der Waals surface area contributed by atoms with E-state index < -0.39 is 0 Å². The number of amides is 2. The number of likely N-dealkylation sites (tertiary alicyclic amines) is 2. The van der Waals surface area contributed by atoms with Crippen molar-refractivity contribution in [1.29, 1.82) is 0 Å². The molecule has 5 aliphatic rings. The van der Waals surface area contributed by atoms with Crippen molar-refractivity contribution in [2.45, 2.75) is 62.9 Å². The highest BCUT2D eigenvalue weighted by molar-refractivity contribution is 5.92. The molecule has 1 aromatic carbocycles. The number of nitrogens with one attached hydrogen (secondary N) is 3. The summed E-state index contributed by atoms with van der Waals surface area (Å²) in [6, 6.07) is 9.26. The summed E-state index contributed by atoms with van der Waals surface area (Å²) < 4.78 is 0. The molecule has 7 nitrogen and oxygen atoms in total. The van der Waals surface area contributed by atoms with Crippen molar-refractivity contribution in [3.8, 4) is 0 Å².